The number of hydrogen-bond acceptors (Lipinski definition) is 3. The highest BCUT2D eigenvalue weighted by atomic mass is 16.5. The number of ether oxygens (including phenoxy) is 1. The molecule has 2 unspecified atom stereocenters. The van der Waals surface area contributed by atoms with Crippen molar-refractivity contribution < 1.29 is 14.6 Å². The van der Waals surface area contributed by atoms with Crippen molar-refractivity contribution in [2.75, 3.05) is 19.8 Å². The lowest BCUT2D eigenvalue weighted by Crippen LogP contribution is -2.42. The number of amides is 1. The zero-order valence-electron chi connectivity index (χ0n) is 14.2. The second-order valence-electron chi connectivity index (χ2n) is 6.80. The van der Waals surface area contributed by atoms with Gasteiger partial charge in [0.15, 0.2) is 0 Å². The summed E-state index contributed by atoms with van der Waals surface area (Å²) in [5.41, 5.74) is 1.17. The summed E-state index contributed by atoms with van der Waals surface area (Å²) in [4.78, 5) is 12.5. The maximum absolute atomic E-state index is 12.5. The summed E-state index contributed by atoms with van der Waals surface area (Å²) in [5, 5.41) is 13.2. The first-order valence-corrected chi connectivity index (χ1v) is 8.65. The normalized spacial score (nSPS) is 18.6. The lowest BCUT2D eigenvalue weighted by Gasteiger charge is -2.28. The van der Waals surface area contributed by atoms with Crippen LogP contribution >= 0.6 is 0 Å². The summed E-state index contributed by atoms with van der Waals surface area (Å²) in [6, 6.07) is 10.1. The molecule has 128 valence electrons. The average molecular weight is 319 g/mol. The first kappa shape index (κ1) is 18.0. The van der Waals surface area contributed by atoms with E-state index in [0.29, 0.717) is 19.8 Å². The zero-order valence-corrected chi connectivity index (χ0v) is 14.2. The van der Waals surface area contributed by atoms with E-state index in [4.69, 9.17) is 4.74 Å². The van der Waals surface area contributed by atoms with Gasteiger partial charge in [0.1, 0.15) is 0 Å². The highest BCUT2D eigenvalue weighted by Crippen LogP contribution is 2.20. The number of aliphatic hydroxyl groups is 1. The van der Waals surface area contributed by atoms with E-state index in [2.05, 4.69) is 31.3 Å². The van der Waals surface area contributed by atoms with Gasteiger partial charge in [-0.15, -0.1) is 0 Å². The molecule has 0 aliphatic carbocycles. The molecule has 0 bridgehead atoms. The van der Waals surface area contributed by atoms with Crippen LogP contribution in [-0.4, -0.2) is 36.9 Å². The van der Waals surface area contributed by atoms with Crippen LogP contribution in [0.2, 0.25) is 0 Å². The number of rotatable bonds is 7. The molecule has 2 atom stereocenters. The predicted molar refractivity (Wildman–Crippen MR) is 91.0 cm³/mol. The summed E-state index contributed by atoms with van der Waals surface area (Å²) >= 11 is 0. The number of carbonyl (C=O) groups is 1. The molecular weight excluding hydrogens is 290 g/mol. The van der Waals surface area contributed by atoms with Crippen LogP contribution in [0, 0.1) is 17.8 Å². The third kappa shape index (κ3) is 5.63. The van der Waals surface area contributed by atoms with Gasteiger partial charge >= 0.3 is 0 Å². The van der Waals surface area contributed by atoms with Crippen LogP contribution in [0.1, 0.15) is 32.3 Å². The summed E-state index contributed by atoms with van der Waals surface area (Å²) in [5.74, 6) is 0.459. The highest BCUT2D eigenvalue weighted by Gasteiger charge is 2.26. The molecule has 1 saturated heterocycles. The Morgan fingerprint density at radius 1 is 1.26 bits per heavy atom. The summed E-state index contributed by atoms with van der Waals surface area (Å²) in [7, 11) is 0. The second kappa shape index (κ2) is 9.04. The summed E-state index contributed by atoms with van der Waals surface area (Å²) < 4.78 is 5.31. The molecule has 1 aromatic rings. The van der Waals surface area contributed by atoms with Crippen LogP contribution in [-0.2, 0) is 16.0 Å². The van der Waals surface area contributed by atoms with E-state index < -0.39 is 6.10 Å². The number of benzene rings is 1. The largest absolute Gasteiger partial charge is 0.391 e. The Hall–Kier alpha value is -1.39. The van der Waals surface area contributed by atoms with Crippen LogP contribution in [0.5, 0.6) is 0 Å². The van der Waals surface area contributed by atoms with Gasteiger partial charge < -0.3 is 15.2 Å². The third-order valence-corrected chi connectivity index (χ3v) is 4.74. The Balaban J connectivity index is 1.85. The molecule has 0 aromatic heterocycles. The van der Waals surface area contributed by atoms with Crippen LogP contribution < -0.4 is 5.32 Å². The summed E-state index contributed by atoms with van der Waals surface area (Å²) in [6.07, 6.45) is 1.99. The van der Waals surface area contributed by atoms with Crippen molar-refractivity contribution in [3.8, 4) is 0 Å². The number of carbonyl (C=O) groups excluding carboxylic acids is 1. The molecule has 1 amide bonds. The van der Waals surface area contributed by atoms with E-state index in [1.54, 1.807) is 0 Å². The first-order chi connectivity index (χ1) is 11.1. The van der Waals surface area contributed by atoms with Gasteiger partial charge in [-0.25, -0.2) is 0 Å². The van der Waals surface area contributed by atoms with Crippen molar-refractivity contribution in [1.82, 2.24) is 5.32 Å². The molecule has 23 heavy (non-hydrogen) atoms. The van der Waals surface area contributed by atoms with Gasteiger partial charge in [0.25, 0.3) is 0 Å². The minimum Gasteiger partial charge on any atom is -0.391 e. The molecule has 1 aromatic carbocycles. The van der Waals surface area contributed by atoms with Crippen LogP contribution in [0.4, 0.5) is 0 Å². The van der Waals surface area contributed by atoms with Gasteiger partial charge in [-0.3, -0.25) is 4.79 Å². The SMILES string of the molecule is CC(C)C(Cc1ccccc1)C(=O)NCC(O)C1CCOCC1. The van der Waals surface area contributed by atoms with Crippen molar-refractivity contribution >= 4 is 5.91 Å². The van der Waals surface area contributed by atoms with Gasteiger partial charge in [-0.2, -0.15) is 0 Å². The smallest absolute Gasteiger partial charge is 0.223 e. The van der Waals surface area contributed by atoms with E-state index in [1.807, 2.05) is 18.2 Å². The minimum absolute atomic E-state index is 0.0370. The maximum Gasteiger partial charge on any atom is 0.223 e. The van der Waals surface area contributed by atoms with Crippen molar-refractivity contribution in [3.05, 3.63) is 35.9 Å². The summed E-state index contributed by atoms with van der Waals surface area (Å²) in [6.45, 7) is 5.89. The van der Waals surface area contributed by atoms with Crippen molar-refractivity contribution in [2.24, 2.45) is 17.8 Å². The average Bonchev–Trinajstić information content (AvgIpc) is 2.58. The molecule has 1 heterocycles. The van der Waals surface area contributed by atoms with E-state index >= 15 is 0 Å². The fourth-order valence-corrected chi connectivity index (χ4v) is 3.10. The highest BCUT2D eigenvalue weighted by molar-refractivity contribution is 5.79. The second-order valence-corrected chi connectivity index (χ2v) is 6.80. The van der Waals surface area contributed by atoms with Gasteiger partial charge in [0, 0.05) is 25.7 Å². The molecule has 2 rings (SSSR count). The van der Waals surface area contributed by atoms with Gasteiger partial charge in [0.05, 0.1) is 6.10 Å². The quantitative estimate of drug-likeness (QED) is 0.811. The predicted octanol–water partition coefficient (Wildman–Crippen LogP) is 2.41. The van der Waals surface area contributed by atoms with E-state index in [-0.39, 0.29) is 23.7 Å². The fourth-order valence-electron chi connectivity index (χ4n) is 3.10. The minimum atomic E-state index is -0.479. The van der Waals surface area contributed by atoms with Crippen molar-refractivity contribution in [3.63, 3.8) is 0 Å². The van der Waals surface area contributed by atoms with E-state index in [0.717, 1.165) is 19.3 Å². The monoisotopic (exact) mass is 319 g/mol. The molecule has 0 radical (unpaired) electrons. The van der Waals surface area contributed by atoms with Crippen molar-refractivity contribution in [2.45, 2.75) is 39.2 Å². The lowest BCUT2D eigenvalue weighted by atomic mass is 9.88. The van der Waals surface area contributed by atoms with Crippen LogP contribution in [0.3, 0.4) is 0 Å². The topological polar surface area (TPSA) is 58.6 Å². The maximum atomic E-state index is 12.5. The van der Waals surface area contributed by atoms with E-state index in [1.165, 1.54) is 5.56 Å². The van der Waals surface area contributed by atoms with Crippen molar-refractivity contribution in [1.29, 1.82) is 0 Å². The Morgan fingerprint density at radius 3 is 2.52 bits per heavy atom. The molecule has 0 saturated carbocycles. The molecular formula is C19H29NO3. The Morgan fingerprint density at radius 2 is 1.91 bits per heavy atom. The van der Waals surface area contributed by atoms with E-state index in [9.17, 15) is 9.90 Å². The van der Waals surface area contributed by atoms with Crippen LogP contribution in [0.15, 0.2) is 30.3 Å². The molecule has 1 aliphatic heterocycles. The lowest BCUT2D eigenvalue weighted by molar-refractivity contribution is -0.127. The number of hydrogen-bond donors (Lipinski definition) is 2. The first-order valence-electron chi connectivity index (χ1n) is 8.65. The molecule has 1 fully saturated rings. The Bertz CT molecular complexity index is 469. The van der Waals surface area contributed by atoms with Crippen LogP contribution in [0.25, 0.3) is 0 Å². The Labute approximate surface area is 139 Å². The fraction of sp³-hybridized carbons (Fsp3) is 0.632. The van der Waals surface area contributed by atoms with Gasteiger partial charge in [0.2, 0.25) is 5.91 Å². The zero-order chi connectivity index (χ0) is 16.7. The number of aliphatic hydroxyl groups excluding tert-OH is 1. The molecule has 1 aliphatic rings. The third-order valence-electron chi connectivity index (χ3n) is 4.74. The Kier molecular flexibility index (Phi) is 7.06. The van der Waals surface area contributed by atoms with Gasteiger partial charge in [-0.1, -0.05) is 44.2 Å². The molecule has 2 N–H and O–H groups in total. The standard InChI is InChI=1S/C19H29NO3/c1-14(2)17(12-15-6-4-3-5-7-15)19(22)20-13-18(21)16-8-10-23-11-9-16/h3-7,14,16-18,21H,8-13H2,1-2H3,(H,20,22). The molecule has 4 nitrogen and oxygen atoms in total. The molecule has 4 heteroatoms. The number of nitrogens with one attached hydrogen (secondary N) is 1. The molecule has 0 spiro atoms. The van der Waals surface area contributed by atoms with Gasteiger partial charge in [-0.05, 0) is 36.7 Å².